The van der Waals surface area contributed by atoms with Gasteiger partial charge in [-0.25, -0.2) is 0 Å². The van der Waals surface area contributed by atoms with E-state index in [4.69, 9.17) is 9.47 Å². The van der Waals surface area contributed by atoms with Crippen molar-refractivity contribution in [2.45, 2.75) is 18.3 Å². The number of ether oxygens (including phenoxy) is 2. The highest BCUT2D eigenvalue weighted by atomic mass is 16.5. The van der Waals surface area contributed by atoms with E-state index in [-0.39, 0.29) is 12.0 Å². The largest absolute Gasteiger partial charge is 0.497 e. The van der Waals surface area contributed by atoms with Crippen molar-refractivity contribution in [3.63, 3.8) is 0 Å². The molecule has 0 bridgehead atoms. The minimum absolute atomic E-state index is 0.0834. The van der Waals surface area contributed by atoms with Gasteiger partial charge in [0.1, 0.15) is 11.5 Å². The molecule has 1 N–H and O–H groups in total. The summed E-state index contributed by atoms with van der Waals surface area (Å²) in [4.78, 5) is 0. The van der Waals surface area contributed by atoms with Crippen molar-refractivity contribution >= 4 is 0 Å². The molecule has 3 heteroatoms. The standard InChI is InChI=1S/C12H16O3/c1-14-9-3-4-11(15-2)10(7-9)12(8-13)5-6-12/h3-4,7,13H,5-6,8H2,1-2H3. The molecular formula is C12H16O3. The van der Waals surface area contributed by atoms with Crippen LogP contribution in [-0.4, -0.2) is 25.9 Å². The lowest BCUT2D eigenvalue weighted by Crippen LogP contribution is -2.13. The molecule has 0 amide bonds. The molecule has 1 saturated carbocycles. The molecular weight excluding hydrogens is 192 g/mol. The van der Waals surface area contributed by atoms with Gasteiger partial charge in [0.05, 0.1) is 20.8 Å². The summed E-state index contributed by atoms with van der Waals surface area (Å²) in [5.41, 5.74) is 0.978. The predicted octanol–water partition coefficient (Wildman–Crippen LogP) is 1.73. The third-order valence-corrected chi connectivity index (χ3v) is 3.13. The van der Waals surface area contributed by atoms with E-state index in [9.17, 15) is 5.11 Å². The van der Waals surface area contributed by atoms with E-state index >= 15 is 0 Å². The number of aliphatic hydroxyl groups is 1. The van der Waals surface area contributed by atoms with Gasteiger partial charge in [-0.2, -0.15) is 0 Å². The average Bonchev–Trinajstić information content (AvgIpc) is 3.09. The molecule has 0 atom stereocenters. The van der Waals surface area contributed by atoms with Crippen LogP contribution in [0.5, 0.6) is 11.5 Å². The van der Waals surface area contributed by atoms with E-state index in [1.165, 1.54) is 0 Å². The first-order chi connectivity index (χ1) is 7.25. The fourth-order valence-corrected chi connectivity index (χ4v) is 1.89. The van der Waals surface area contributed by atoms with Gasteiger partial charge in [0, 0.05) is 11.0 Å². The average molecular weight is 208 g/mol. The van der Waals surface area contributed by atoms with Crippen LogP contribution in [0.4, 0.5) is 0 Å². The molecule has 1 aromatic carbocycles. The van der Waals surface area contributed by atoms with Crippen LogP contribution in [0.25, 0.3) is 0 Å². The van der Waals surface area contributed by atoms with Crippen molar-refractivity contribution in [2.24, 2.45) is 0 Å². The van der Waals surface area contributed by atoms with Crippen LogP contribution in [0.1, 0.15) is 18.4 Å². The maximum atomic E-state index is 9.40. The molecule has 0 unspecified atom stereocenters. The van der Waals surface area contributed by atoms with Gasteiger partial charge >= 0.3 is 0 Å². The van der Waals surface area contributed by atoms with Crippen LogP contribution in [0.3, 0.4) is 0 Å². The topological polar surface area (TPSA) is 38.7 Å². The Morgan fingerprint density at radius 2 is 2.00 bits per heavy atom. The normalized spacial score (nSPS) is 17.3. The number of benzene rings is 1. The fraction of sp³-hybridized carbons (Fsp3) is 0.500. The van der Waals surface area contributed by atoms with Crippen molar-refractivity contribution in [1.29, 1.82) is 0 Å². The lowest BCUT2D eigenvalue weighted by molar-refractivity contribution is 0.251. The molecule has 82 valence electrons. The van der Waals surface area contributed by atoms with Gasteiger partial charge in [0.2, 0.25) is 0 Å². The smallest absolute Gasteiger partial charge is 0.122 e. The zero-order chi connectivity index (χ0) is 10.9. The molecule has 0 heterocycles. The molecule has 0 aliphatic heterocycles. The quantitative estimate of drug-likeness (QED) is 0.819. The van der Waals surface area contributed by atoms with Crippen LogP contribution in [0.15, 0.2) is 18.2 Å². The van der Waals surface area contributed by atoms with Crippen molar-refractivity contribution in [3.05, 3.63) is 23.8 Å². The minimum Gasteiger partial charge on any atom is -0.497 e. The maximum absolute atomic E-state index is 9.40. The van der Waals surface area contributed by atoms with Gasteiger partial charge in [-0.1, -0.05) is 0 Å². The highest BCUT2D eigenvalue weighted by Gasteiger charge is 2.45. The lowest BCUT2D eigenvalue weighted by Gasteiger charge is -2.17. The number of aliphatic hydroxyl groups excluding tert-OH is 1. The van der Waals surface area contributed by atoms with Crippen LogP contribution >= 0.6 is 0 Å². The molecule has 3 nitrogen and oxygen atoms in total. The fourth-order valence-electron chi connectivity index (χ4n) is 1.89. The van der Waals surface area contributed by atoms with E-state index < -0.39 is 0 Å². The van der Waals surface area contributed by atoms with Crippen LogP contribution < -0.4 is 9.47 Å². The van der Waals surface area contributed by atoms with E-state index in [1.807, 2.05) is 18.2 Å². The first kappa shape index (κ1) is 10.3. The summed E-state index contributed by atoms with van der Waals surface area (Å²) < 4.78 is 10.5. The lowest BCUT2D eigenvalue weighted by atomic mass is 9.95. The van der Waals surface area contributed by atoms with Crippen molar-refractivity contribution in [3.8, 4) is 11.5 Å². The second-order valence-electron chi connectivity index (χ2n) is 4.00. The zero-order valence-corrected chi connectivity index (χ0v) is 9.12. The molecule has 1 aliphatic rings. The van der Waals surface area contributed by atoms with E-state index in [1.54, 1.807) is 14.2 Å². The molecule has 0 spiro atoms. The van der Waals surface area contributed by atoms with Gasteiger partial charge < -0.3 is 14.6 Å². The molecule has 0 saturated heterocycles. The predicted molar refractivity (Wildman–Crippen MR) is 57.5 cm³/mol. The van der Waals surface area contributed by atoms with E-state index in [0.717, 1.165) is 29.9 Å². The summed E-state index contributed by atoms with van der Waals surface area (Å²) in [6.45, 7) is 0.177. The first-order valence-electron chi connectivity index (χ1n) is 5.09. The summed E-state index contributed by atoms with van der Waals surface area (Å²) >= 11 is 0. The summed E-state index contributed by atoms with van der Waals surface area (Å²) in [6, 6.07) is 5.72. The summed E-state index contributed by atoms with van der Waals surface area (Å²) in [5, 5.41) is 9.40. The molecule has 0 aromatic heterocycles. The Labute approximate surface area is 89.6 Å². The first-order valence-corrected chi connectivity index (χ1v) is 5.09. The third kappa shape index (κ3) is 1.67. The van der Waals surface area contributed by atoms with Crippen molar-refractivity contribution in [1.82, 2.24) is 0 Å². The molecule has 1 fully saturated rings. The van der Waals surface area contributed by atoms with Gasteiger partial charge in [0.15, 0.2) is 0 Å². The molecule has 0 radical (unpaired) electrons. The van der Waals surface area contributed by atoms with Crippen LogP contribution in [-0.2, 0) is 5.41 Å². The van der Waals surface area contributed by atoms with E-state index in [0.29, 0.717) is 0 Å². The SMILES string of the molecule is COc1ccc(OC)c(C2(CO)CC2)c1. The third-order valence-electron chi connectivity index (χ3n) is 3.13. The van der Waals surface area contributed by atoms with Gasteiger partial charge in [-0.05, 0) is 31.0 Å². The summed E-state index contributed by atoms with van der Waals surface area (Å²) in [5.74, 6) is 1.65. The maximum Gasteiger partial charge on any atom is 0.122 e. The van der Waals surface area contributed by atoms with Crippen LogP contribution in [0, 0.1) is 0 Å². The Morgan fingerprint density at radius 1 is 1.27 bits per heavy atom. The van der Waals surface area contributed by atoms with Gasteiger partial charge in [-0.3, -0.25) is 0 Å². The molecule has 2 rings (SSSR count). The van der Waals surface area contributed by atoms with Gasteiger partial charge in [0.25, 0.3) is 0 Å². The van der Waals surface area contributed by atoms with Crippen LogP contribution in [0.2, 0.25) is 0 Å². The monoisotopic (exact) mass is 208 g/mol. The molecule has 15 heavy (non-hydrogen) atoms. The zero-order valence-electron chi connectivity index (χ0n) is 9.12. The molecule has 1 aromatic rings. The Balaban J connectivity index is 2.42. The number of rotatable bonds is 4. The summed E-state index contributed by atoms with van der Waals surface area (Å²) in [7, 11) is 3.29. The number of hydrogen-bond donors (Lipinski definition) is 1. The Kier molecular flexibility index (Phi) is 2.57. The second-order valence-corrected chi connectivity index (χ2v) is 4.00. The Bertz CT molecular complexity index is 356. The minimum atomic E-state index is -0.0834. The number of hydrogen-bond acceptors (Lipinski definition) is 3. The molecule has 1 aliphatic carbocycles. The van der Waals surface area contributed by atoms with Gasteiger partial charge in [-0.15, -0.1) is 0 Å². The highest BCUT2D eigenvalue weighted by molar-refractivity contribution is 5.47. The van der Waals surface area contributed by atoms with Crippen molar-refractivity contribution in [2.75, 3.05) is 20.8 Å². The second kappa shape index (κ2) is 3.74. The Morgan fingerprint density at radius 3 is 2.47 bits per heavy atom. The number of methoxy groups -OCH3 is 2. The Hall–Kier alpha value is -1.22. The summed E-state index contributed by atoms with van der Waals surface area (Å²) in [6.07, 6.45) is 2.04. The highest BCUT2D eigenvalue weighted by Crippen LogP contribution is 2.51. The van der Waals surface area contributed by atoms with Crippen molar-refractivity contribution < 1.29 is 14.6 Å². The van der Waals surface area contributed by atoms with E-state index in [2.05, 4.69) is 0 Å².